The summed E-state index contributed by atoms with van der Waals surface area (Å²) in [6.45, 7) is 1.59. The zero-order valence-corrected chi connectivity index (χ0v) is 14.3. The molecule has 2 aliphatic heterocycles. The highest BCUT2D eigenvalue weighted by atomic mass is 16.3. The molecule has 1 aromatic carbocycles. The van der Waals surface area contributed by atoms with Crippen LogP contribution in [0.4, 0.5) is 0 Å². The molecule has 0 radical (unpaired) electrons. The Bertz CT molecular complexity index is 743. The summed E-state index contributed by atoms with van der Waals surface area (Å²) < 4.78 is 2.21. The maximum Gasteiger partial charge on any atom is 0.256 e. The van der Waals surface area contributed by atoms with Crippen LogP contribution in [0.15, 0.2) is 30.3 Å². The number of hydrogen-bond acceptors (Lipinski definition) is 4. The van der Waals surface area contributed by atoms with Crippen LogP contribution in [0.2, 0.25) is 0 Å². The summed E-state index contributed by atoms with van der Waals surface area (Å²) in [6.07, 6.45) is 5.14. The van der Waals surface area contributed by atoms with E-state index in [1.165, 1.54) is 6.42 Å². The number of carbonyl (C=O) groups excluding carboxylic acids is 1. The summed E-state index contributed by atoms with van der Waals surface area (Å²) in [5.74, 6) is 1.69. The first-order valence-electron chi connectivity index (χ1n) is 9.21. The van der Waals surface area contributed by atoms with E-state index in [-0.39, 0.29) is 11.9 Å². The number of aryl methyl sites for hydroxylation is 1. The largest absolute Gasteiger partial charge is 0.378 e. The Labute approximate surface area is 147 Å². The van der Waals surface area contributed by atoms with E-state index in [4.69, 9.17) is 0 Å². The molecule has 0 saturated carbocycles. The molecule has 2 aliphatic rings. The minimum absolute atomic E-state index is 0.0785. The average molecular weight is 340 g/mol. The van der Waals surface area contributed by atoms with Crippen LogP contribution in [0.1, 0.15) is 61.5 Å². The Morgan fingerprint density at radius 3 is 2.76 bits per heavy atom. The minimum atomic E-state index is -1.12. The lowest BCUT2D eigenvalue weighted by Crippen LogP contribution is -2.36. The lowest BCUT2D eigenvalue weighted by atomic mass is 10.1. The second-order valence-corrected chi connectivity index (χ2v) is 6.94. The molecule has 132 valence electrons. The van der Waals surface area contributed by atoms with Crippen molar-refractivity contribution in [1.82, 2.24) is 19.7 Å². The zero-order chi connectivity index (χ0) is 17.2. The van der Waals surface area contributed by atoms with Gasteiger partial charge < -0.3 is 14.6 Å². The molecular weight excluding hydrogens is 316 g/mol. The lowest BCUT2D eigenvalue weighted by molar-refractivity contribution is -0.141. The average Bonchev–Trinajstić information content (AvgIpc) is 3.22. The van der Waals surface area contributed by atoms with Crippen LogP contribution in [0.25, 0.3) is 0 Å². The van der Waals surface area contributed by atoms with Gasteiger partial charge in [-0.15, -0.1) is 10.2 Å². The highest BCUT2D eigenvalue weighted by Crippen LogP contribution is 2.34. The van der Waals surface area contributed by atoms with Gasteiger partial charge in [-0.3, -0.25) is 4.79 Å². The second-order valence-electron chi connectivity index (χ2n) is 6.94. The number of rotatable bonds is 3. The van der Waals surface area contributed by atoms with Crippen LogP contribution < -0.4 is 0 Å². The van der Waals surface area contributed by atoms with E-state index >= 15 is 0 Å². The molecule has 0 aliphatic carbocycles. The van der Waals surface area contributed by atoms with Gasteiger partial charge in [-0.05, 0) is 31.2 Å². The van der Waals surface area contributed by atoms with Crippen molar-refractivity contribution in [3.8, 4) is 0 Å². The van der Waals surface area contributed by atoms with Crippen molar-refractivity contribution in [1.29, 1.82) is 0 Å². The number of fused-ring (bicyclic) bond motifs is 1. The van der Waals surface area contributed by atoms with Gasteiger partial charge in [0, 0.05) is 19.5 Å². The van der Waals surface area contributed by atoms with Gasteiger partial charge in [0.15, 0.2) is 11.9 Å². The van der Waals surface area contributed by atoms with Crippen LogP contribution in [0, 0.1) is 0 Å². The summed E-state index contributed by atoms with van der Waals surface area (Å²) in [5.41, 5.74) is 0.637. The third-order valence-corrected chi connectivity index (χ3v) is 5.32. The van der Waals surface area contributed by atoms with E-state index in [2.05, 4.69) is 14.8 Å². The molecule has 6 heteroatoms. The van der Waals surface area contributed by atoms with Crippen molar-refractivity contribution in [2.24, 2.45) is 0 Å². The Morgan fingerprint density at radius 1 is 1.08 bits per heavy atom. The van der Waals surface area contributed by atoms with Crippen LogP contribution in [0.5, 0.6) is 0 Å². The molecule has 1 N–H and O–H groups in total. The van der Waals surface area contributed by atoms with Gasteiger partial charge in [-0.2, -0.15) is 0 Å². The molecule has 1 saturated heterocycles. The fourth-order valence-electron chi connectivity index (χ4n) is 3.99. The maximum absolute atomic E-state index is 12.9. The van der Waals surface area contributed by atoms with Gasteiger partial charge in [0.05, 0.1) is 6.04 Å². The van der Waals surface area contributed by atoms with Gasteiger partial charge in [0.1, 0.15) is 5.82 Å². The molecule has 0 spiro atoms. The molecule has 25 heavy (non-hydrogen) atoms. The Hall–Kier alpha value is -2.21. The van der Waals surface area contributed by atoms with E-state index in [1.807, 2.05) is 18.2 Å². The first kappa shape index (κ1) is 16.3. The predicted octanol–water partition coefficient (Wildman–Crippen LogP) is 2.40. The molecule has 2 atom stereocenters. The fraction of sp³-hybridized carbons (Fsp3) is 0.526. The summed E-state index contributed by atoms with van der Waals surface area (Å²) in [5, 5.41) is 19.3. The van der Waals surface area contributed by atoms with Crippen LogP contribution >= 0.6 is 0 Å². The number of aromatic nitrogens is 3. The van der Waals surface area contributed by atoms with Gasteiger partial charge in [-0.25, -0.2) is 0 Å². The molecule has 6 nitrogen and oxygen atoms in total. The van der Waals surface area contributed by atoms with Gasteiger partial charge in [0.25, 0.3) is 5.91 Å². The van der Waals surface area contributed by atoms with Crippen molar-refractivity contribution in [2.45, 2.75) is 57.2 Å². The van der Waals surface area contributed by atoms with E-state index in [0.717, 1.165) is 50.3 Å². The normalized spacial score (nSPS) is 21.6. The molecule has 0 bridgehead atoms. The molecule has 1 fully saturated rings. The Morgan fingerprint density at radius 2 is 1.92 bits per heavy atom. The number of carbonyl (C=O) groups is 1. The van der Waals surface area contributed by atoms with Gasteiger partial charge >= 0.3 is 0 Å². The monoisotopic (exact) mass is 340 g/mol. The number of hydrogen-bond donors (Lipinski definition) is 1. The number of aliphatic hydroxyl groups is 1. The van der Waals surface area contributed by atoms with Crippen molar-refractivity contribution in [3.05, 3.63) is 47.5 Å². The van der Waals surface area contributed by atoms with E-state index in [1.54, 1.807) is 17.0 Å². The third-order valence-electron chi connectivity index (χ3n) is 5.32. The smallest absolute Gasteiger partial charge is 0.256 e. The topological polar surface area (TPSA) is 71.2 Å². The van der Waals surface area contributed by atoms with E-state index in [9.17, 15) is 9.90 Å². The molecule has 2 aromatic rings. The van der Waals surface area contributed by atoms with Crippen molar-refractivity contribution >= 4 is 5.91 Å². The number of aliphatic hydroxyl groups excluding tert-OH is 1. The van der Waals surface area contributed by atoms with Crippen molar-refractivity contribution < 1.29 is 9.90 Å². The quantitative estimate of drug-likeness (QED) is 0.931. The molecule has 2 unspecified atom stereocenters. The molecule has 1 amide bonds. The molecule has 4 rings (SSSR count). The molecule has 1 aromatic heterocycles. The number of amides is 1. The first-order chi connectivity index (χ1) is 12.3. The Kier molecular flexibility index (Phi) is 4.53. The van der Waals surface area contributed by atoms with Crippen molar-refractivity contribution in [3.63, 3.8) is 0 Å². The summed E-state index contributed by atoms with van der Waals surface area (Å²) >= 11 is 0. The SMILES string of the molecule is O=C(C(O)c1ccccc1)N1CCCC1c1nnc2n1CCCCC2. The fourth-order valence-corrected chi connectivity index (χ4v) is 3.99. The van der Waals surface area contributed by atoms with Gasteiger partial charge in [-0.1, -0.05) is 36.8 Å². The Balaban J connectivity index is 1.59. The minimum Gasteiger partial charge on any atom is -0.378 e. The maximum atomic E-state index is 12.9. The number of likely N-dealkylation sites (tertiary alicyclic amines) is 1. The van der Waals surface area contributed by atoms with Crippen LogP contribution in [-0.2, 0) is 17.8 Å². The molecule has 3 heterocycles. The molecular formula is C19H24N4O2. The zero-order valence-electron chi connectivity index (χ0n) is 14.3. The van der Waals surface area contributed by atoms with E-state index < -0.39 is 6.10 Å². The predicted molar refractivity (Wildman–Crippen MR) is 92.7 cm³/mol. The second kappa shape index (κ2) is 6.96. The van der Waals surface area contributed by atoms with Gasteiger partial charge in [0.2, 0.25) is 0 Å². The highest BCUT2D eigenvalue weighted by Gasteiger charge is 2.37. The summed E-state index contributed by atoms with van der Waals surface area (Å²) in [7, 11) is 0. The number of nitrogens with zero attached hydrogens (tertiary/aromatic N) is 4. The standard InChI is InChI=1S/C19H24N4O2/c24-17(14-8-3-1-4-9-14)19(25)22-13-7-10-15(22)18-21-20-16-11-5-2-6-12-23(16)18/h1,3-4,8-9,15,17,24H,2,5-7,10-13H2. The summed E-state index contributed by atoms with van der Waals surface area (Å²) in [4.78, 5) is 14.7. The van der Waals surface area contributed by atoms with Crippen molar-refractivity contribution in [2.75, 3.05) is 6.54 Å². The summed E-state index contributed by atoms with van der Waals surface area (Å²) in [6, 6.07) is 9.06. The third kappa shape index (κ3) is 3.06. The van der Waals surface area contributed by atoms with Crippen LogP contribution in [-0.4, -0.2) is 37.2 Å². The number of benzene rings is 1. The van der Waals surface area contributed by atoms with E-state index in [0.29, 0.717) is 12.1 Å². The highest BCUT2D eigenvalue weighted by molar-refractivity contribution is 5.82. The lowest BCUT2D eigenvalue weighted by Gasteiger charge is -2.27. The van der Waals surface area contributed by atoms with Crippen LogP contribution in [0.3, 0.4) is 0 Å². The first-order valence-corrected chi connectivity index (χ1v) is 9.21.